The predicted molar refractivity (Wildman–Crippen MR) is 77.1 cm³/mol. The standard InChI is InChI=1S/C15H21N3O/c1-10(15(2,3)4)18(5)14(19)12-8-6-7-11-9-16-17-13(11)12/h6-10H,1-5H3,(H,16,17)/t10-/m1/s1. The molecule has 0 bridgehead atoms. The molecule has 0 aliphatic heterocycles. The van der Waals surface area contributed by atoms with E-state index in [-0.39, 0.29) is 17.4 Å². The van der Waals surface area contributed by atoms with Crippen LogP contribution in [0.2, 0.25) is 0 Å². The summed E-state index contributed by atoms with van der Waals surface area (Å²) >= 11 is 0. The van der Waals surface area contributed by atoms with Gasteiger partial charge in [-0.2, -0.15) is 5.10 Å². The lowest BCUT2D eigenvalue weighted by Crippen LogP contribution is -2.43. The van der Waals surface area contributed by atoms with Crippen LogP contribution in [0.4, 0.5) is 0 Å². The van der Waals surface area contributed by atoms with Crippen LogP contribution in [0.3, 0.4) is 0 Å². The van der Waals surface area contributed by atoms with Crippen molar-refractivity contribution < 1.29 is 4.79 Å². The summed E-state index contributed by atoms with van der Waals surface area (Å²) in [5, 5.41) is 7.87. The van der Waals surface area contributed by atoms with Crippen LogP contribution < -0.4 is 0 Å². The molecule has 1 heterocycles. The van der Waals surface area contributed by atoms with E-state index >= 15 is 0 Å². The van der Waals surface area contributed by atoms with Crippen LogP contribution in [0, 0.1) is 5.41 Å². The molecule has 1 aromatic heterocycles. The van der Waals surface area contributed by atoms with Gasteiger partial charge in [0, 0.05) is 18.5 Å². The quantitative estimate of drug-likeness (QED) is 0.901. The molecule has 2 rings (SSSR count). The number of aromatic amines is 1. The smallest absolute Gasteiger partial charge is 0.256 e. The van der Waals surface area contributed by atoms with Gasteiger partial charge >= 0.3 is 0 Å². The van der Waals surface area contributed by atoms with Gasteiger partial charge in [-0.15, -0.1) is 0 Å². The number of H-pyrrole nitrogens is 1. The lowest BCUT2D eigenvalue weighted by Gasteiger charge is -2.35. The number of hydrogen-bond donors (Lipinski definition) is 1. The zero-order chi connectivity index (χ0) is 14.2. The first-order valence-corrected chi connectivity index (χ1v) is 6.51. The van der Waals surface area contributed by atoms with Crippen molar-refractivity contribution in [3.8, 4) is 0 Å². The normalized spacial score (nSPS) is 13.5. The maximum Gasteiger partial charge on any atom is 0.256 e. The van der Waals surface area contributed by atoms with E-state index in [2.05, 4.69) is 37.9 Å². The number of nitrogens with zero attached hydrogens (tertiary/aromatic N) is 2. The Hall–Kier alpha value is -1.84. The van der Waals surface area contributed by atoms with Crippen LogP contribution in [0.1, 0.15) is 38.1 Å². The van der Waals surface area contributed by atoms with E-state index in [1.54, 1.807) is 11.1 Å². The Labute approximate surface area is 113 Å². The molecule has 1 aromatic carbocycles. The number of fused-ring (bicyclic) bond motifs is 1. The van der Waals surface area contributed by atoms with E-state index in [1.165, 1.54) is 0 Å². The third-order valence-corrected chi connectivity index (χ3v) is 3.86. The molecule has 0 saturated carbocycles. The molecule has 1 N–H and O–H groups in total. The summed E-state index contributed by atoms with van der Waals surface area (Å²) in [6.07, 6.45) is 1.74. The molecule has 0 saturated heterocycles. The van der Waals surface area contributed by atoms with Gasteiger partial charge in [-0.05, 0) is 18.4 Å². The number of para-hydroxylation sites is 1. The number of carbonyl (C=O) groups is 1. The highest BCUT2D eigenvalue weighted by Gasteiger charge is 2.28. The molecule has 1 amide bonds. The molecule has 102 valence electrons. The van der Waals surface area contributed by atoms with E-state index in [0.29, 0.717) is 5.56 Å². The second-order valence-electron chi connectivity index (χ2n) is 6.10. The molecule has 0 fully saturated rings. The highest BCUT2D eigenvalue weighted by molar-refractivity contribution is 6.05. The average Bonchev–Trinajstić information content (AvgIpc) is 2.82. The van der Waals surface area contributed by atoms with Gasteiger partial charge in [0.25, 0.3) is 5.91 Å². The number of carbonyl (C=O) groups excluding carboxylic acids is 1. The summed E-state index contributed by atoms with van der Waals surface area (Å²) in [7, 11) is 1.85. The van der Waals surface area contributed by atoms with Gasteiger partial charge in [0.05, 0.1) is 17.3 Å². The third-order valence-electron chi connectivity index (χ3n) is 3.86. The number of nitrogens with one attached hydrogen (secondary N) is 1. The minimum absolute atomic E-state index is 0.0253. The molecule has 19 heavy (non-hydrogen) atoms. The second kappa shape index (κ2) is 4.68. The molecular formula is C15H21N3O. The van der Waals surface area contributed by atoms with E-state index in [4.69, 9.17) is 0 Å². The van der Waals surface area contributed by atoms with E-state index in [9.17, 15) is 4.79 Å². The highest BCUT2D eigenvalue weighted by atomic mass is 16.2. The summed E-state index contributed by atoms with van der Waals surface area (Å²) in [6.45, 7) is 8.49. The predicted octanol–water partition coefficient (Wildman–Crippen LogP) is 3.07. The van der Waals surface area contributed by atoms with Crippen molar-refractivity contribution in [2.24, 2.45) is 5.41 Å². The van der Waals surface area contributed by atoms with Crippen molar-refractivity contribution in [1.29, 1.82) is 0 Å². The summed E-state index contributed by atoms with van der Waals surface area (Å²) in [5.74, 6) is 0.0253. The molecule has 0 radical (unpaired) electrons. The van der Waals surface area contributed by atoms with Gasteiger partial charge in [0.2, 0.25) is 0 Å². The van der Waals surface area contributed by atoms with E-state index in [1.807, 2.05) is 25.2 Å². The zero-order valence-electron chi connectivity index (χ0n) is 12.2. The monoisotopic (exact) mass is 259 g/mol. The van der Waals surface area contributed by atoms with Crippen molar-refractivity contribution in [1.82, 2.24) is 15.1 Å². The largest absolute Gasteiger partial charge is 0.338 e. The second-order valence-corrected chi connectivity index (χ2v) is 6.10. The average molecular weight is 259 g/mol. The molecule has 4 nitrogen and oxygen atoms in total. The van der Waals surface area contributed by atoms with Crippen LogP contribution in [-0.4, -0.2) is 34.1 Å². The number of benzene rings is 1. The van der Waals surface area contributed by atoms with Crippen LogP contribution in [0.25, 0.3) is 10.9 Å². The van der Waals surface area contributed by atoms with E-state index in [0.717, 1.165) is 10.9 Å². The Bertz CT molecular complexity index is 595. The van der Waals surface area contributed by atoms with Gasteiger partial charge < -0.3 is 4.90 Å². The lowest BCUT2D eigenvalue weighted by atomic mass is 9.87. The van der Waals surface area contributed by atoms with Crippen molar-refractivity contribution in [2.45, 2.75) is 33.7 Å². The van der Waals surface area contributed by atoms with Gasteiger partial charge in [-0.25, -0.2) is 0 Å². The Morgan fingerprint density at radius 2 is 2.05 bits per heavy atom. The number of aromatic nitrogens is 2. The number of hydrogen-bond acceptors (Lipinski definition) is 2. The maximum atomic E-state index is 12.6. The van der Waals surface area contributed by atoms with Gasteiger partial charge in [-0.3, -0.25) is 9.89 Å². The minimum atomic E-state index is 0.0253. The fourth-order valence-corrected chi connectivity index (χ4v) is 2.09. The van der Waals surface area contributed by atoms with Gasteiger partial charge in [0.15, 0.2) is 0 Å². The molecule has 1 atom stereocenters. The van der Waals surface area contributed by atoms with Crippen molar-refractivity contribution in [3.05, 3.63) is 30.0 Å². The highest BCUT2D eigenvalue weighted by Crippen LogP contribution is 2.25. The van der Waals surface area contributed by atoms with Gasteiger partial charge in [0.1, 0.15) is 0 Å². The number of amides is 1. The van der Waals surface area contributed by atoms with Crippen LogP contribution >= 0.6 is 0 Å². The van der Waals surface area contributed by atoms with Crippen LogP contribution in [-0.2, 0) is 0 Å². The van der Waals surface area contributed by atoms with Crippen molar-refractivity contribution >= 4 is 16.8 Å². The fraction of sp³-hybridized carbons (Fsp3) is 0.467. The molecule has 0 aliphatic rings. The Morgan fingerprint density at radius 3 is 2.68 bits per heavy atom. The summed E-state index contributed by atoms with van der Waals surface area (Å²) in [4.78, 5) is 14.4. The maximum absolute atomic E-state index is 12.6. The van der Waals surface area contributed by atoms with Gasteiger partial charge in [-0.1, -0.05) is 32.9 Å². The lowest BCUT2D eigenvalue weighted by molar-refractivity contribution is 0.0631. The first-order chi connectivity index (χ1) is 8.82. The van der Waals surface area contributed by atoms with Crippen molar-refractivity contribution in [3.63, 3.8) is 0 Å². The summed E-state index contributed by atoms with van der Waals surface area (Å²) < 4.78 is 0. The Kier molecular flexibility index (Phi) is 3.35. The van der Waals surface area contributed by atoms with E-state index < -0.39 is 0 Å². The number of rotatable bonds is 2. The minimum Gasteiger partial charge on any atom is -0.338 e. The zero-order valence-corrected chi connectivity index (χ0v) is 12.2. The molecule has 2 aromatic rings. The van der Waals surface area contributed by atoms with Crippen molar-refractivity contribution in [2.75, 3.05) is 7.05 Å². The topological polar surface area (TPSA) is 49.0 Å². The third kappa shape index (κ3) is 2.48. The van der Waals surface area contributed by atoms with Crippen LogP contribution in [0.15, 0.2) is 24.4 Å². The molecule has 4 heteroatoms. The fourth-order valence-electron chi connectivity index (χ4n) is 2.09. The SMILES string of the molecule is C[C@@H](N(C)C(=O)c1cccc2cn[nH]c12)C(C)(C)C. The molecule has 0 unspecified atom stereocenters. The Morgan fingerprint density at radius 1 is 1.37 bits per heavy atom. The first kappa shape index (κ1) is 13.6. The summed E-state index contributed by atoms with van der Waals surface area (Å²) in [6, 6.07) is 5.83. The summed E-state index contributed by atoms with van der Waals surface area (Å²) in [5.41, 5.74) is 1.53. The Balaban J connectivity index is 2.37. The first-order valence-electron chi connectivity index (χ1n) is 6.51. The molecular weight excluding hydrogens is 238 g/mol. The van der Waals surface area contributed by atoms with Crippen LogP contribution in [0.5, 0.6) is 0 Å². The molecule has 0 spiro atoms. The molecule has 0 aliphatic carbocycles.